The summed E-state index contributed by atoms with van der Waals surface area (Å²) < 4.78 is 24.3. The molecule has 0 radical (unpaired) electrons. The Morgan fingerprint density at radius 1 is 1.11 bits per heavy atom. The maximum absolute atomic E-state index is 12.2. The molecule has 106 valence electrons. The van der Waals surface area contributed by atoms with Crippen molar-refractivity contribution < 1.29 is 23.7 Å². The summed E-state index contributed by atoms with van der Waals surface area (Å²) >= 11 is 1.17. The van der Waals surface area contributed by atoms with Crippen molar-refractivity contribution in [3.8, 4) is 0 Å². The Bertz CT molecular complexity index is 516. The second kappa shape index (κ2) is 5.80. The van der Waals surface area contributed by atoms with E-state index in [1.54, 1.807) is 18.2 Å². The lowest BCUT2D eigenvalue weighted by Crippen LogP contribution is -2.50. The summed E-state index contributed by atoms with van der Waals surface area (Å²) in [5, 5.41) is 28.2. The third-order valence-corrected chi connectivity index (χ3v) is 6.50. The highest BCUT2D eigenvalue weighted by Gasteiger charge is 2.39. The van der Waals surface area contributed by atoms with Crippen LogP contribution in [0.5, 0.6) is 0 Å². The normalized spacial score (nSPS) is 32.2. The van der Waals surface area contributed by atoms with Crippen LogP contribution in [0, 0.1) is 0 Å². The first kappa shape index (κ1) is 14.8. The van der Waals surface area contributed by atoms with Gasteiger partial charge in [0.1, 0.15) is 6.10 Å². The van der Waals surface area contributed by atoms with Crippen molar-refractivity contribution in [2.45, 2.75) is 28.5 Å². The maximum atomic E-state index is 12.2. The minimum atomic E-state index is -3.51. The number of rotatable bonds is 3. The zero-order valence-corrected chi connectivity index (χ0v) is 11.7. The quantitative estimate of drug-likeness (QED) is 0.707. The fourth-order valence-electron chi connectivity index (χ4n) is 1.95. The highest BCUT2D eigenvalue weighted by molar-refractivity contribution is 8.01. The molecule has 0 aromatic heterocycles. The molecule has 1 aromatic carbocycles. The first-order valence-corrected chi connectivity index (χ1v) is 8.55. The van der Waals surface area contributed by atoms with Crippen LogP contribution in [0.2, 0.25) is 0 Å². The van der Waals surface area contributed by atoms with Crippen molar-refractivity contribution in [1.82, 2.24) is 0 Å². The van der Waals surface area contributed by atoms with E-state index in [4.69, 9.17) is 0 Å². The van der Waals surface area contributed by atoms with E-state index in [0.717, 1.165) is 0 Å². The Morgan fingerprint density at radius 2 is 1.74 bits per heavy atom. The minimum Gasteiger partial charge on any atom is -0.389 e. The van der Waals surface area contributed by atoms with E-state index in [2.05, 4.69) is 0 Å². The van der Waals surface area contributed by atoms with Gasteiger partial charge in [0.05, 0.1) is 22.9 Å². The van der Waals surface area contributed by atoms with Crippen LogP contribution < -0.4 is 0 Å². The Labute approximate surface area is 116 Å². The molecule has 4 atom stereocenters. The molecule has 1 fully saturated rings. The van der Waals surface area contributed by atoms with Gasteiger partial charge >= 0.3 is 0 Å². The molecule has 1 heterocycles. The summed E-state index contributed by atoms with van der Waals surface area (Å²) in [5.41, 5.74) is 0. The summed E-state index contributed by atoms with van der Waals surface area (Å²) in [4.78, 5) is 0.198. The second-order valence-corrected chi connectivity index (χ2v) is 7.82. The van der Waals surface area contributed by atoms with E-state index in [0.29, 0.717) is 0 Å². The molecule has 0 saturated carbocycles. The third kappa shape index (κ3) is 3.29. The van der Waals surface area contributed by atoms with Gasteiger partial charge in [-0.05, 0) is 12.1 Å². The van der Waals surface area contributed by atoms with Gasteiger partial charge in [-0.2, -0.15) is 11.8 Å². The SMILES string of the molecule is O=S(=O)(C[C@H]1SC[C@@H](O)[C@H](O)[C@H]1O)c1ccccc1. The van der Waals surface area contributed by atoms with Crippen molar-refractivity contribution in [3.05, 3.63) is 30.3 Å². The second-order valence-electron chi connectivity index (χ2n) is 4.51. The highest BCUT2D eigenvalue weighted by atomic mass is 32.2. The average Bonchev–Trinajstić information content (AvgIpc) is 2.40. The van der Waals surface area contributed by atoms with Crippen LogP contribution in [0.25, 0.3) is 0 Å². The first-order chi connectivity index (χ1) is 8.92. The van der Waals surface area contributed by atoms with Crippen LogP contribution in [0.4, 0.5) is 0 Å². The first-order valence-electron chi connectivity index (χ1n) is 5.85. The summed E-state index contributed by atoms with van der Waals surface area (Å²) in [7, 11) is -3.51. The Balaban J connectivity index is 2.13. The topological polar surface area (TPSA) is 94.8 Å². The van der Waals surface area contributed by atoms with Crippen LogP contribution in [0.3, 0.4) is 0 Å². The number of benzene rings is 1. The molecule has 0 spiro atoms. The lowest BCUT2D eigenvalue weighted by atomic mass is 10.1. The molecule has 19 heavy (non-hydrogen) atoms. The van der Waals surface area contributed by atoms with Gasteiger partial charge in [0.2, 0.25) is 0 Å². The number of hydrogen-bond acceptors (Lipinski definition) is 6. The number of thioether (sulfide) groups is 1. The largest absolute Gasteiger partial charge is 0.389 e. The number of aliphatic hydroxyl groups excluding tert-OH is 3. The standard InChI is InChI=1S/C12H16O5S2/c13-9-6-18-10(12(15)11(9)14)7-19(16,17)8-4-2-1-3-5-8/h1-5,9-15H,6-7H2/t9-,10-,11+,12+/m1/s1. The van der Waals surface area contributed by atoms with Crippen molar-refractivity contribution >= 4 is 21.6 Å². The average molecular weight is 304 g/mol. The van der Waals surface area contributed by atoms with E-state index in [9.17, 15) is 23.7 Å². The molecule has 1 saturated heterocycles. The van der Waals surface area contributed by atoms with Gasteiger partial charge in [0.15, 0.2) is 9.84 Å². The predicted molar refractivity (Wildman–Crippen MR) is 72.8 cm³/mol. The molecule has 1 aliphatic heterocycles. The van der Waals surface area contributed by atoms with Crippen molar-refractivity contribution in [1.29, 1.82) is 0 Å². The number of hydrogen-bond donors (Lipinski definition) is 3. The molecule has 0 aliphatic carbocycles. The summed E-state index contributed by atoms with van der Waals surface area (Å²) in [5.74, 6) is -0.0418. The summed E-state index contributed by atoms with van der Waals surface area (Å²) in [6, 6.07) is 8.00. The highest BCUT2D eigenvalue weighted by Crippen LogP contribution is 2.29. The molecule has 5 nitrogen and oxygen atoms in total. The minimum absolute atomic E-state index is 0.198. The van der Waals surface area contributed by atoms with Crippen molar-refractivity contribution in [2.75, 3.05) is 11.5 Å². The smallest absolute Gasteiger partial charge is 0.179 e. The molecule has 7 heteroatoms. The van der Waals surface area contributed by atoms with Gasteiger partial charge in [-0.25, -0.2) is 8.42 Å². The monoisotopic (exact) mass is 304 g/mol. The van der Waals surface area contributed by atoms with Crippen LogP contribution in [-0.4, -0.2) is 58.8 Å². The Kier molecular flexibility index (Phi) is 4.52. The van der Waals surface area contributed by atoms with Crippen LogP contribution in [0.1, 0.15) is 0 Å². The molecule has 2 rings (SSSR count). The van der Waals surface area contributed by atoms with Gasteiger partial charge < -0.3 is 15.3 Å². The molecular weight excluding hydrogens is 288 g/mol. The van der Waals surface area contributed by atoms with E-state index >= 15 is 0 Å². The predicted octanol–water partition coefficient (Wildman–Crippen LogP) is -0.342. The maximum Gasteiger partial charge on any atom is 0.179 e. The molecule has 1 aromatic rings. The summed E-state index contributed by atoms with van der Waals surface area (Å²) in [6.07, 6.45) is -3.56. The molecule has 3 N–H and O–H groups in total. The Morgan fingerprint density at radius 3 is 2.37 bits per heavy atom. The zero-order valence-electron chi connectivity index (χ0n) is 10.1. The van der Waals surface area contributed by atoms with Crippen LogP contribution >= 0.6 is 11.8 Å². The van der Waals surface area contributed by atoms with Gasteiger partial charge in [-0.15, -0.1) is 0 Å². The van der Waals surface area contributed by atoms with Crippen molar-refractivity contribution in [3.63, 3.8) is 0 Å². The van der Waals surface area contributed by atoms with Gasteiger partial charge in [0, 0.05) is 11.0 Å². The third-order valence-electron chi connectivity index (χ3n) is 3.09. The molecule has 1 aliphatic rings. The molecule has 0 amide bonds. The van der Waals surface area contributed by atoms with E-state index in [1.165, 1.54) is 23.9 Å². The fourth-order valence-corrected chi connectivity index (χ4v) is 5.27. The molecular formula is C12H16O5S2. The van der Waals surface area contributed by atoms with Crippen molar-refractivity contribution in [2.24, 2.45) is 0 Å². The lowest BCUT2D eigenvalue weighted by molar-refractivity contribution is -0.0531. The van der Waals surface area contributed by atoms with E-state index < -0.39 is 33.4 Å². The Hall–Kier alpha value is -0.600. The molecule has 0 unspecified atom stereocenters. The van der Waals surface area contributed by atoms with Crippen LogP contribution in [-0.2, 0) is 9.84 Å². The fraction of sp³-hybridized carbons (Fsp3) is 0.500. The zero-order chi connectivity index (χ0) is 14.0. The lowest BCUT2D eigenvalue weighted by Gasteiger charge is -2.34. The van der Waals surface area contributed by atoms with E-state index in [1.807, 2.05) is 0 Å². The van der Waals surface area contributed by atoms with E-state index in [-0.39, 0.29) is 16.4 Å². The summed E-state index contributed by atoms with van der Waals surface area (Å²) in [6.45, 7) is 0. The number of aliphatic hydroxyl groups is 3. The van der Waals surface area contributed by atoms with Gasteiger partial charge in [-0.3, -0.25) is 0 Å². The molecule has 0 bridgehead atoms. The number of sulfone groups is 1. The van der Waals surface area contributed by atoms with Crippen LogP contribution in [0.15, 0.2) is 35.2 Å². The van der Waals surface area contributed by atoms with Gasteiger partial charge in [-0.1, -0.05) is 18.2 Å². The van der Waals surface area contributed by atoms with Gasteiger partial charge in [0.25, 0.3) is 0 Å².